The van der Waals surface area contributed by atoms with E-state index in [1.165, 1.54) is 12.8 Å². The predicted octanol–water partition coefficient (Wildman–Crippen LogP) is 2.64. The normalized spacial score (nSPS) is 19.8. The number of benzene rings is 1. The number of nitrogens with one attached hydrogen (secondary N) is 1. The maximum atomic E-state index is 11.7. The third-order valence-corrected chi connectivity index (χ3v) is 3.52. The highest BCUT2D eigenvalue weighted by atomic mass is 16.2. The van der Waals surface area contributed by atoms with Gasteiger partial charge in [-0.1, -0.05) is 6.07 Å². The number of rotatable bonds is 4. The van der Waals surface area contributed by atoms with Gasteiger partial charge in [0.15, 0.2) is 0 Å². The number of hydrogen-bond donors (Lipinski definition) is 1. The van der Waals surface area contributed by atoms with Crippen LogP contribution in [-0.4, -0.2) is 19.0 Å². The van der Waals surface area contributed by atoms with Crippen molar-refractivity contribution in [2.45, 2.75) is 25.7 Å². The molecule has 90 valence electrons. The number of nitrogens with zero attached hydrogens (tertiary/aromatic N) is 1. The molecule has 0 aromatic heterocycles. The minimum atomic E-state index is 0.254. The van der Waals surface area contributed by atoms with Gasteiger partial charge in [-0.3, -0.25) is 4.79 Å². The molecule has 1 aliphatic heterocycles. The van der Waals surface area contributed by atoms with Crippen molar-refractivity contribution >= 4 is 17.3 Å². The molecule has 1 saturated heterocycles. The van der Waals surface area contributed by atoms with Crippen LogP contribution in [0.3, 0.4) is 0 Å². The summed E-state index contributed by atoms with van der Waals surface area (Å²) in [5.74, 6) is 1.12. The molecule has 1 heterocycles. The Balaban J connectivity index is 1.70. The first-order valence-electron chi connectivity index (χ1n) is 6.47. The summed E-state index contributed by atoms with van der Waals surface area (Å²) in [5.41, 5.74) is 2.17. The fraction of sp³-hybridized carbons (Fsp3) is 0.500. The first-order chi connectivity index (χ1) is 8.33. The van der Waals surface area contributed by atoms with E-state index in [2.05, 4.69) is 17.4 Å². The third kappa shape index (κ3) is 2.43. The molecule has 3 nitrogen and oxygen atoms in total. The molecular formula is C14H18N2O. The van der Waals surface area contributed by atoms with Crippen molar-refractivity contribution in [3.05, 3.63) is 24.3 Å². The number of amides is 1. The Bertz CT molecular complexity index is 426. The van der Waals surface area contributed by atoms with Gasteiger partial charge >= 0.3 is 0 Å². The lowest BCUT2D eigenvalue weighted by Crippen LogP contribution is -2.23. The standard InChI is InChI=1S/C14H18N2O/c17-14-5-2-8-16(14)13-4-1-3-12(9-13)15-10-11-6-7-11/h1,3-4,9,11,15H,2,5-8,10H2. The quantitative estimate of drug-likeness (QED) is 0.862. The number of anilines is 2. The fourth-order valence-electron chi connectivity index (χ4n) is 2.29. The zero-order valence-corrected chi connectivity index (χ0v) is 9.98. The Labute approximate surface area is 102 Å². The third-order valence-electron chi connectivity index (χ3n) is 3.52. The van der Waals surface area contributed by atoms with E-state index in [9.17, 15) is 4.79 Å². The summed E-state index contributed by atoms with van der Waals surface area (Å²) in [5, 5.41) is 3.45. The van der Waals surface area contributed by atoms with E-state index in [4.69, 9.17) is 0 Å². The van der Waals surface area contributed by atoms with Gasteiger partial charge in [-0.2, -0.15) is 0 Å². The molecule has 1 aromatic rings. The Hall–Kier alpha value is -1.51. The summed E-state index contributed by atoms with van der Waals surface area (Å²) < 4.78 is 0. The second-order valence-electron chi connectivity index (χ2n) is 5.02. The second kappa shape index (κ2) is 4.40. The summed E-state index contributed by atoms with van der Waals surface area (Å²) in [4.78, 5) is 13.6. The molecule has 1 aromatic carbocycles. The molecule has 3 heteroatoms. The first kappa shape index (κ1) is 10.6. The van der Waals surface area contributed by atoms with Crippen LogP contribution in [0.2, 0.25) is 0 Å². The zero-order valence-electron chi connectivity index (χ0n) is 9.98. The highest BCUT2D eigenvalue weighted by molar-refractivity contribution is 5.95. The van der Waals surface area contributed by atoms with Gasteiger partial charge in [0.1, 0.15) is 0 Å². The van der Waals surface area contributed by atoms with E-state index >= 15 is 0 Å². The van der Waals surface area contributed by atoms with Crippen LogP contribution in [0.25, 0.3) is 0 Å². The van der Waals surface area contributed by atoms with Crippen molar-refractivity contribution in [2.75, 3.05) is 23.3 Å². The molecule has 1 amide bonds. The topological polar surface area (TPSA) is 32.3 Å². The van der Waals surface area contributed by atoms with Gasteiger partial charge in [-0.25, -0.2) is 0 Å². The average molecular weight is 230 g/mol. The molecule has 0 atom stereocenters. The summed E-state index contributed by atoms with van der Waals surface area (Å²) in [6.07, 6.45) is 4.40. The summed E-state index contributed by atoms with van der Waals surface area (Å²) in [6.45, 7) is 1.93. The van der Waals surface area contributed by atoms with Crippen molar-refractivity contribution in [3.63, 3.8) is 0 Å². The van der Waals surface area contributed by atoms with Gasteiger partial charge in [0.25, 0.3) is 0 Å². The highest BCUT2D eigenvalue weighted by Gasteiger charge is 2.22. The summed E-state index contributed by atoms with van der Waals surface area (Å²) >= 11 is 0. The minimum absolute atomic E-state index is 0.254. The van der Waals surface area contributed by atoms with Crippen LogP contribution in [0.5, 0.6) is 0 Å². The first-order valence-corrected chi connectivity index (χ1v) is 6.47. The lowest BCUT2D eigenvalue weighted by atomic mass is 10.2. The molecule has 1 saturated carbocycles. The van der Waals surface area contributed by atoms with Crippen molar-refractivity contribution < 1.29 is 4.79 Å². The number of carbonyl (C=O) groups excluding carboxylic acids is 1. The van der Waals surface area contributed by atoms with Gasteiger partial charge in [-0.15, -0.1) is 0 Å². The maximum absolute atomic E-state index is 11.7. The predicted molar refractivity (Wildman–Crippen MR) is 69.2 cm³/mol. The molecule has 2 aliphatic rings. The van der Waals surface area contributed by atoms with Gasteiger partial charge < -0.3 is 10.2 Å². The summed E-state index contributed by atoms with van der Waals surface area (Å²) in [7, 11) is 0. The molecular weight excluding hydrogens is 212 g/mol. The van der Waals surface area contributed by atoms with Gasteiger partial charge in [0, 0.05) is 30.9 Å². The monoisotopic (exact) mass is 230 g/mol. The van der Waals surface area contributed by atoms with E-state index < -0.39 is 0 Å². The number of hydrogen-bond acceptors (Lipinski definition) is 2. The lowest BCUT2D eigenvalue weighted by molar-refractivity contribution is -0.117. The Kier molecular flexibility index (Phi) is 2.75. The van der Waals surface area contributed by atoms with E-state index in [-0.39, 0.29) is 5.91 Å². The maximum Gasteiger partial charge on any atom is 0.227 e. The van der Waals surface area contributed by atoms with E-state index in [1.807, 2.05) is 17.0 Å². The van der Waals surface area contributed by atoms with Crippen LogP contribution >= 0.6 is 0 Å². The number of carbonyl (C=O) groups is 1. The molecule has 0 unspecified atom stereocenters. The van der Waals surface area contributed by atoms with Crippen LogP contribution in [0.4, 0.5) is 11.4 Å². The SMILES string of the molecule is O=C1CCCN1c1cccc(NCC2CC2)c1. The Morgan fingerprint density at radius 3 is 2.94 bits per heavy atom. The molecule has 3 rings (SSSR count). The fourth-order valence-corrected chi connectivity index (χ4v) is 2.29. The Morgan fingerprint density at radius 2 is 2.24 bits per heavy atom. The van der Waals surface area contributed by atoms with Crippen molar-refractivity contribution in [1.82, 2.24) is 0 Å². The van der Waals surface area contributed by atoms with Gasteiger partial charge in [-0.05, 0) is 43.4 Å². The van der Waals surface area contributed by atoms with Crippen LogP contribution in [-0.2, 0) is 4.79 Å². The van der Waals surface area contributed by atoms with E-state index in [1.54, 1.807) is 0 Å². The van der Waals surface area contributed by atoms with Gasteiger partial charge in [0.05, 0.1) is 0 Å². The largest absolute Gasteiger partial charge is 0.385 e. The van der Waals surface area contributed by atoms with E-state index in [0.29, 0.717) is 6.42 Å². The molecule has 1 N–H and O–H groups in total. The van der Waals surface area contributed by atoms with Crippen molar-refractivity contribution in [1.29, 1.82) is 0 Å². The van der Waals surface area contributed by atoms with Crippen LogP contribution < -0.4 is 10.2 Å². The second-order valence-corrected chi connectivity index (χ2v) is 5.02. The lowest BCUT2D eigenvalue weighted by Gasteiger charge is -2.17. The van der Waals surface area contributed by atoms with Crippen molar-refractivity contribution in [2.24, 2.45) is 5.92 Å². The molecule has 0 spiro atoms. The van der Waals surface area contributed by atoms with Crippen LogP contribution in [0.1, 0.15) is 25.7 Å². The smallest absolute Gasteiger partial charge is 0.227 e. The molecule has 0 bridgehead atoms. The Morgan fingerprint density at radius 1 is 1.35 bits per heavy atom. The molecule has 17 heavy (non-hydrogen) atoms. The summed E-state index contributed by atoms with van der Waals surface area (Å²) in [6, 6.07) is 8.21. The van der Waals surface area contributed by atoms with Crippen LogP contribution in [0.15, 0.2) is 24.3 Å². The zero-order chi connectivity index (χ0) is 11.7. The molecule has 1 aliphatic carbocycles. The average Bonchev–Trinajstić information content (AvgIpc) is 3.08. The highest BCUT2D eigenvalue weighted by Crippen LogP contribution is 2.30. The van der Waals surface area contributed by atoms with E-state index in [0.717, 1.165) is 36.8 Å². The van der Waals surface area contributed by atoms with Crippen LogP contribution in [0, 0.1) is 5.92 Å². The van der Waals surface area contributed by atoms with Gasteiger partial charge in [0.2, 0.25) is 5.91 Å². The molecule has 2 fully saturated rings. The molecule has 0 radical (unpaired) electrons. The minimum Gasteiger partial charge on any atom is -0.385 e. The van der Waals surface area contributed by atoms with Crippen molar-refractivity contribution in [3.8, 4) is 0 Å².